The summed E-state index contributed by atoms with van der Waals surface area (Å²) in [5.41, 5.74) is 3.29. The lowest BCUT2D eigenvalue weighted by Gasteiger charge is -2.07. The Kier molecular flexibility index (Phi) is 5.45. The summed E-state index contributed by atoms with van der Waals surface area (Å²) in [5, 5.41) is 23.2. The van der Waals surface area contributed by atoms with Gasteiger partial charge in [0.05, 0.1) is 15.1 Å². The number of benzene rings is 2. The first-order valence-corrected chi connectivity index (χ1v) is 9.93. The number of phenols is 2. The van der Waals surface area contributed by atoms with Gasteiger partial charge in [-0.3, -0.25) is 4.79 Å². The summed E-state index contributed by atoms with van der Waals surface area (Å²) in [6.45, 7) is 3.94. The standard InChI is InChI=1S/C18H14Br2N2O3S/c1-8-3-4-9(2)12(5-8)21-18-22-17(25)13(26-18)7-10-6-11(19)16(24)14(20)15(10)23/h3-7,23-24H,1-2H3,(H,21,22,25)/b13-7-. The highest BCUT2D eigenvalue weighted by Gasteiger charge is 2.25. The third kappa shape index (κ3) is 3.82. The monoisotopic (exact) mass is 496 g/mol. The van der Waals surface area contributed by atoms with E-state index in [0.717, 1.165) is 16.8 Å². The van der Waals surface area contributed by atoms with Crippen LogP contribution in [0.25, 0.3) is 6.08 Å². The molecule has 0 radical (unpaired) electrons. The van der Waals surface area contributed by atoms with Gasteiger partial charge in [-0.2, -0.15) is 0 Å². The van der Waals surface area contributed by atoms with Gasteiger partial charge in [-0.25, -0.2) is 4.99 Å². The molecule has 1 amide bonds. The zero-order chi connectivity index (χ0) is 19.0. The summed E-state index contributed by atoms with van der Waals surface area (Å²) in [6.07, 6.45) is 1.55. The summed E-state index contributed by atoms with van der Waals surface area (Å²) in [7, 11) is 0. The van der Waals surface area contributed by atoms with Crippen molar-refractivity contribution in [1.29, 1.82) is 0 Å². The smallest absolute Gasteiger partial charge is 0.264 e. The molecule has 0 spiro atoms. The van der Waals surface area contributed by atoms with E-state index in [1.54, 1.807) is 6.08 Å². The Bertz CT molecular complexity index is 987. The van der Waals surface area contributed by atoms with Gasteiger partial charge in [-0.1, -0.05) is 12.1 Å². The van der Waals surface area contributed by atoms with Crippen molar-refractivity contribution in [2.24, 2.45) is 4.99 Å². The average Bonchev–Trinajstić information content (AvgIpc) is 2.93. The van der Waals surface area contributed by atoms with Gasteiger partial charge < -0.3 is 15.5 Å². The Balaban J connectivity index is 1.95. The van der Waals surface area contributed by atoms with E-state index in [4.69, 9.17) is 0 Å². The van der Waals surface area contributed by atoms with Crippen molar-refractivity contribution in [2.75, 3.05) is 0 Å². The molecule has 3 N–H and O–H groups in total. The second-order valence-electron chi connectivity index (χ2n) is 5.73. The van der Waals surface area contributed by atoms with E-state index in [2.05, 4.69) is 42.2 Å². The van der Waals surface area contributed by atoms with Crippen molar-refractivity contribution >= 4 is 66.5 Å². The Morgan fingerprint density at radius 1 is 1.15 bits per heavy atom. The highest BCUT2D eigenvalue weighted by molar-refractivity contribution is 9.11. The number of phenolic OH excluding ortho intramolecular Hbond substituents is 2. The molecule has 26 heavy (non-hydrogen) atoms. The highest BCUT2D eigenvalue weighted by atomic mass is 79.9. The maximum Gasteiger partial charge on any atom is 0.264 e. The van der Waals surface area contributed by atoms with Crippen LogP contribution in [-0.4, -0.2) is 21.3 Å². The fraction of sp³-hybridized carbons (Fsp3) is 0.111. The molecule has 0 atom stereocenters. The number of aromatic hydroxyl groups is 2. The van der Waals surface area contributed by atoms with Crippen LogP contribution in [0.3, 0.4) is 0 Å². The van der Waals surface area contributed by atoms with E-state index < -0.39 is 0 Å². The van der Waals surface area contributed by atoms with Crippen molar-refractivity contribution in [1.82, 2.24) is 5.32 Å². The number of halogens is 2. The number of amidine groups is 1. The van der Waals surface area contributed by atoms with Crippen LogP contribution in [0.15, 0.2) is 43.1 Å². The zero-order valence-electron chi connectivity index (χ0n) is 13.8. The second kappa shape index (κ2) is 7.46. The fourth-order valence-corrected chi connectivity index (χ4v) is 4.28. The van der Waals surface area contributed by atoms with Gasteiger partial charge in [0, 0.05) is 5.56 Å². The second-order valence-corrected chi connectivity index (χ2v) is 8.41. The molecule has 3 rings (SSSR count). The summed E-state index contributed by atoms with van der Waals surface area (Å²) >= 11 is 7.53. The van der Waals surface area contributed by atoms with Crippen molar-refractivity contribution in [3.63, 3.8) is 0 Å². The van der Waals surface area contributed by atoms with Gasteiger partial charge in [0.2, 0.25) is 0 Å². The number of hydrogen-bond acceptors (Lipinski definition) is 5. The highest BCUT2D eigenvalue weighted by Crippen LogP contribution is 2.43. The van der Waals surface area contributed by atoms with E-state index in [9.17, 15) is 15.0 Å². The van der Waals surface area contributed by atoms with Crippen LogP contribution in [0, 0.1) is 13.8 Å². The molecule has 0 aromatic heterocycles. The summed E-state index contributed by atoms with van der Waals surface area (Å²) in [6, 6.07) is 7.48. The maximum absolute atomic E-state index is 12.2. The van der Waals surface area contributed by atoms with Crippen LogP contribution < -0.4 is 5.32 Å². The molecule has 0 bridgehead atoms. The molecule has 2 aromatic carbocycles. The van der Waals surface area contributed by atoms with Crippen molar-refractivity contribution in [2.45, 2.75) is 13.8 Å². The summed E-state index contributed by atoms with van der Waals surface area (Å²) < 4.78 is 0.563. The van der Waals surface area contributed by atoms with Crippen LogP contribution in [0.2, 0.25) is 0 Å². The topological polar surface area (TPSA) is 81.9 Å². The number of rotatable bonds is 2. The molecule has 1 saturated heterocycles. The van der Waals surface area contributed by atoms with Crippen LogP contribution in [-0.2, 0) is 4.79 Å². The SMILES string of the molecule is Cc1ccc(C)c(N=C2NC(=O)/C(=C/c3cc(Br)c(O)c(Br)c3O)S2)c1. The number of amides is 1. The zero-order valence-corrected chi connectivity index (χ0v) is 17.8. The first-order valence-electron chi connectivity index (χ1n) is 7.53. The number of aliphatic imine (C=N–C) groups is 1. The molecule has 5 nitrogen and oxygen atoms in total. The average molecular weight is 498 g/mol. The number of hydrogen-bond donors (Lipinski definition) is 3. The van der Waals surface area contributed by atoms with E-state index in [1.807, 2.05) is 32.0 Å². The molecule has 0 unspecified atom stereocenters. The Morgan fingerprint density at radius 2 is 1.88 bits per heavy atom. The third-order valence-electron chi connectivity index (χ3n) is 3.72. The summed E-state index contributed by atoms with van der Waals surface area (Å²) in [4.78, 5) is 17.2. The van der Waals surface area contributed by atoms with Crippen molar-refractivity contribution in [3.05, 3.63) is 54.8 Å². The van der Waals surface area contributed by atoms with E-state index in [0.29, 0.717) is 20.1 Å². The number of nitrogens with one attached hydrogen (secondary N) is 1. The van der Waals surface area contributed by atoms with Gasteiger partial charge in [-0.05, 0) is 86.8 Å². The molecular weight excluding hydrogens is 484 g/mol. The Labute approximate surface area is 171 Å². The summed E-state index contributed by atoms with van der Waals surface area (Å²) in [5.74, 6) is -0.546. The number of thioether (sulfide) groups is 1. The van der Waals surface area contributed by atoms with Crippen LogP contribution in [0.1, 0.15) is 16.7 Å². The molecule has 1 aliphatic heterocycles. The minimum Gasteiger partial charge on any atom is -0.506 e. The Hall–Kier alpha value is -1.77. The van der Waals surface area contributed by atoms with Gasteiger partial charge in [0.1, 0.15) is 16.0 Å². The number of carbonyl (C=O) groups is 1. The normalized spacial score (nSPS) is 17.2. The van der Waals surface area contributed by atoms with Crippen LogP contribution in [0.5, 0.6) is 11.5 Å². The predicted octanol–water partition coefficient (Wildman–Crippen LogP) is 5.13. The molecular formula is C18H14Br2N2O3S. The van der Waals surface area contributed by atoms with Gasteiger partial charge in [-0.15, -0.1) is 0 Å². The van der Waals surface area contributed by atoms with Crippen LogP contribution >= 0.6 is 43.6 Å². The van der Waals surface area contributed by atoms with Gasteiger partial charge in [0.25, 0.3) is 5.91 Å². The first-order chi connectivity index (χ1) is 12.3. The van der Waals surface area contributed by atoms with Gasteiger partial charge >= 0.3 is 0 Å². The van der Waals surface area contributed by atoms with Gasteiger partial charge in [0.15, 0.2) is 5.17 Å². The molecule has 0 aliphatic carbocycles. The molecule has 2 aromatic rings. The fourth-order valence-electron chi connectivity index (χ4n) is 2.30. The lowest BCUT2D eigenvalue weighted by molar-refractivity contribution is -0.115. The third-order valence-corrected chi connectivity index (χ3v) is 5.99. The van der Waals surface area contributed by atoms with E-state index >= 15 is 0 Å². The predicted molar refractivity (Wildman–Crippen MR) is 112 cm³/mol. The molecule has 134 valence electrons. The minimum absolute atomic E-state index is 0.106. The first kappa shape index (κ1) is 19.0. The van der Waals surface area contributed by atoms with Crippen LogP contribution in [0.4, 0.5) is 5.69 Å². The lowest BCUT2D eigenvalue weighted by Crippen LogP contribution is -2.19. The molecule has 8 heteroatoms. The molecule has 1 aliphatic rings. The Morgan fingerprint density at radius 3 is 2.62 bits per heavy atom. The maximum atomic E-state index is 12.2. The molecule has 0 saturated carbocycles. The number of carbonyl (C=O) groups excluding carboxylic acids is 1. The van der Waals surface area contributed by atoms with E-state index in [-0.39, 0.29) is 21.9 Å². The number of aryl methyl sites for hydroxylation is 2. The van der Waals surface area contributed by atoms with Crippen molar-refractivity contribution < 1.29 is 15.0 Å². The minimum atomic E-state index is -0.293. The number of nitrogens with zero attached hydrogens (tertiary/aromatic N) is 1. The molecule has 1 fully saturated rings. The quantitative estimate of drug-likeness (QED) is 0.502. The molecule has 1 heterocycles. The largest absolute Gasteiger partial charge is 0.506 e. The van der Waals surface area contributed by atoms with E-state index in [1.165, 1.54) is 17.8 Å². The van der Waals surface area contributed by atoms with Crippen molar-refractivity contribution in [3.8, 4) is 11.5 Å². The lowest BCUT2D eigenvalue weighted by atomic mass is 10.1.